The number of nitrogens with zero attached hydrogens (tertiary/aromatic N) is 2. The molecule has 0 bridgehead atoms. The fourth-order valence-corrected chi connectivity index (χ4v) is 3.05. The fourth-order valence-electron chi connectivity index (χ4n) is 2.80. The smallest absolute Gasteiger partial charge is 0.321 e. The summed E-state index contributed by atoms with van der Waals surface area (Å²) >= 11 is 6.19. The SMILES string of the molecule is COc1ccc(C(=O)N2CCN(C(=O)Nc3ccccc3)CC2)c(Cl)c1. The van der Waals surface area contributed by atoms with Gasteiger partial charge in [-0.05, 0) is 30.3 Å². The number of ether oxygens (including phenoxy) is 1. The number of nitrogens with one attached hydrogen (secondary N) is 1. The molecule has 0 spiro atoms. The number of benzene rings is 2. The lowest BCUT2D eigenvalue weighted by Gasteiger charge is -2.34. The Balaban J connectivity index is 1.58. The summed E-state index contributed by atoms with van der Waals surface area (Å²) in [6.07, 6.45) is 0. The number of hydrogen-bond acceptors (Lipinski definition) is 3. The quantitative estimate of drug-likeness (QED) is 0.897. The molecular weight excluding hydrogens is 354 g/mol. The van der Waals surface area contributed by atoms with E-state index in [9.17, 15) is 9.59 Å². The van der Waals surface area contributed by atoms with Crippen molar-refractivity contribution in [1.82, 2.24) is 9.80 Å². The van der Waals surface area contributed by atoms with Crippen LogP contribution < -0.4 is 10.1 Å². The predicted molar refractivity (Wildman–Crippen MR) is 101 cm³/mol. The van der Waals surface area contributed by atoms with Gasteiger partial charge in [0.05, 0.1) is 17.7 Å². The Kier molecular flexibility index (Phi) is 5.63. The van der Waals surface area contributed by atoms with E-state index in [1.165, 1.54) is 0 Å². The minimum atomic E-state index is -0.161. The molecule has 1 aliphatic rings. The van der Waals surface area contributed by atoms with Crippen molar-refractivity contribution in [2.75, 3.05) is 38.6 Å². The summed E-state index contributed by atoms with van der Waals surface area (Å²) in [6.45, 7) is 1.86. The molecule has 7 heteroatoms. The third kappa shape index (κ3) is 4.08. The molecule has 6 nitrogen and oxygen atoms in total. The van der Waals surface area contributed by atoms with E-state index in [0.717, 1.165) is 5.69 Å². The molecule has 0 saturated carbocycles. The van der Waals surface area contributed by atoms with Crippen LogP contribution in [-0.4, -0.2) is 55.0 Å². The molecule has 2 aromatic carbocycles. The van der Waals surface area contributed by atoms with Crippen LogP contribution in [0.5, 0.6) is 5.75 Å². The first-order valence-electron chi connectivity index (χ1n) is 8.32. The summed E-state index contributed by atoms with van der Waals surface area (Å²) in [7, 11) is 1.55. The van der Waals surface area contributed by atoms with Crippen LogP contribution in [0.4, 0.5) is 10.5 Å². The molecule has 1 aliphatic heterocycles. The monoisotopic (exact) mass is 373 g/mol. The van der Waals surface area contributed by atoms with Crippen LogP contribution in [0.3, 0.4) is 0 Å². The Bertz CT molecular complexity index is 790. The number of urea groups is 1. The molecule has 1 heterocycles. The van der Waals surface area contributed by atoms with Gasteiger partial charge in [0.25, 0.3) is 5.91 Å². The van der Waals surface area contributed by atoms with Crippen molar-refractivity contribution in [2.24, 2.45) is 0 Å². The maximum absolute atomic E-state index is 12.7. The second kappa shape index (κ2) is 8.10. The third-order valence-electron chi connectivity index (χ3n) is 4.29. The molecule has 1 N–H and O–H groups in total. The van der Waals surface area contributed by atoms with Crippen molar-refractivity contribution in [3.63, 3.8) is 0 Å². The zero-order valence-electron chi connectivity index (χ0n) is 14.4. The Labute approximate surface area is 157 Å². The highest BCUT2D eigenvalue weighted by molar-refractivity contribution is 6.34. The first kappa shape index (κ1) is 18.1. The van der Waals surface area contributed by atoms with Gasteiger partial charge in [-0.3, -0.25) is 4.79 Å². The van der Waals surface area contributed by atoms with E-state index in [1.54, 1.807) is 35.1 Å². The lowest BCUT2D eigenvalue weighted by Crippen LogP contribution is -2.51. The molecular formula is C19H20ClN3O3. The minimum Gasteiger partial charge on any atom is -0.497 e. The van der Waals surface area contributed by atoms with Gasteiger partial charge in [-0.1, -0.05) is 29.8 Å². The molecule has 26 heavy (non-hydrogen) atoms. The van der Waals surface area contributed by atoms with Gasteiger partial charge in [-0.2, -0.15) is 0 Å². The van der Waals surface area contributed by atoms with Crippen LogP contribution in [-0.2, 0) is 0 Å². The highest BCUT2D eigenvalue weighted by Crippen LogP contribution is 2.24. The van der Waals surface area contributed by atoms with Gasteiger partial charge in [0, 0.05) is 31.9 Å². The van der Waals surface area contributed by atoms with Gasteiger partial charge < -0.3 is 19.9 Å². The molecule has 0 radical (unpaired) electrons. The molecule has 3 amide bonds. The summed E-state index contributed by atoms with van der Waals surface area (Å²) in [5, 5.41) is 3.22. The third-order valence-corrected chi connectivity index (χ3v) is 4.60. The van der Waals surface area contributed by atoms with Gasteiger partial charge in [0.1, 0.15) is 5.75 Å². The standard InChI is InChI=1S/C19H20ClN3O3/c1-26-15-7-8-16(17(20)13-15)18(24)22-9-11-23(12-10-22)19(25)21-14-5-3-2-4-6-14/h2-8,13H,9-12H2,1H3,(H,21,25). The van der Waals surface area contributed by atoms with Gasteiger partial charge in [0.15, 0.2) is 0 Å². The average Bonchev–Trinajstić information content (AvgIpc) is 2.68. The van der Waals surface area contributed by atoms with Gasteiger partial charge in [-0.15, -0.1) is 0 Å². The van der Waals surface area contributed by atoms with Crippen molar-refractivity contribution < 1.29 is 14.3 Å². The van der Waals surface area contributed by atoms with E-state index < -0.39 is 0 Å². The normalized spacial score (nSPS) is 14.1. The number of carbonyl (C=O) groups is 2. The first-order chi connectivity index (χ1) is 12.6. The highest BCUT2D eigenvalue weighted by atomic mass is 35.5. The summed E-state index contributed by atoms with van der Waals surface area (Å²) < 4.78 is 5.10. The van der Waals surface area contributed by atoms with Crippen molar-refractivity contribution in [2.45, 2.75) is 0 Å². The molecule has 0 aliphatic carbocycles. The summed E-state index contributed by atoms with van der Waals surface area (Å²) in [5.41, 5.74) is 1.19. The molecule has 2 aromatic rings. The molecule has 1 saturated heterocycles. The van der Waals surface area contributed by atoms with Crippen molar-refractivity contribution in [3.8, 4) is 5.75 Å². The van der Waals surface area contributed by atoms with Crippen LogP contribution >= 0.6 is 11.6 Å². The first-order valence-corrected chi connectivity index (χ1v) is 8.70. The molecule has 3 rings (SSSR count). The van der Waals surface area contributed by atoms with Crippen LogP contribution in [0, 0.1) is 0 Å². The number of para-hydroxylation sites is 1. The van der Waals surface area contributed by atoms with Gasteiger partial charge >= 0.3 is 6.03 Å². The van der Waals surface area contributed by atoms with Crippen molar-refractivity contribution >= 4 is 29.2 Å². The zero-order valence-corrected chi connectivity index (χ0v) is 15.2. The number of carbonyl (C=O) groups excluding carboxylic acids is 2. The van der Waals surface area contributed by atoms with E-state index in [-0.39, 0.29) is 11.9 Å². The number of halogens is 1. The van der Waals surface area contributed by atoms with Crippen LogP contribution in [0.15, 0.2) is 48.5 Å². The summed E-state index contributed by atoms with van der Waals surface area (Å²) in [4.78, 5) is 28.4. The number of anilines is 1. The molecule has 1 fully saturated rings. The van der Waals surface area contributed by atoms with Gasteiger partial charge in [-0.25, -0.2) is 4.79 Å². The van der Waals surface area contributed by atoms with Gasteiger partial charge in [0.2, 0.25) is 0 Å². The number of rotatable bonds is 3. The molecule has 0 atom stereocenters. The van der Waals surface area contributed by atoms with Crippen LogP contribution in [0.1, 0.15) is 10.4 Å². The number of hydrogen-bond donors (Lipinski definition) is 1. The van der Waals surface area contributed by atoms with E-state index in [4.69, 9.17) is 16.3 Å². The highest BCUT2D eigenvalue weighted by Gasteiger charge is 2.26. The second-order valence-electron chi connectivity index (χ2n) is 5.92. The largest absolute Gasteiger partial charge is 0.497 e. The van der Waals surface area contributed by atoms with Crippen LogP contribution in [0.25, 0.3) is 0 Å². The molecule has 136 valence electrons. The topological polar surface area (TPSA) is 61.9 Å². The number of methoxy groups -OCH3 is 1. The van der Waals surface area contributed by atoms with E-state index in [0.29, 0.717) is 42.5 Å². The van der Waals surface area contributed by atoms with Crippen molar-refractivity contribution in [3.05, 3.63) is 59.1 Å². The fraction of sp³-hybridized carbons (Fsp3) is 0.263. The summed E-state index contributed by atoms with van der Waals surface area (Å²) in [6, 6.07) is 14.1. The minimum absolute atomic E-state index is 0.138. The second-order valence-corrected chi connectivity index (χ2v) is 6.33. The molecule has 0 unspecified atom stereocenters. The lowest BCUT2D eigenvalue weighted by molar-refractivity contribution is 0.0672. The summed E-state index contributed by atoms with van der Waals surface area (Å²) in [5.74, 6) is 0.467. The lowest BCUT2D eigenvalue weighted by atomic mass is 10.1. The average molecular weight is 374 g/mol. The van der Waals surface area contributed by atoms with Crippen LogP contribution in [0.2, 0.25) is 5.02 Å². The maximum atomic E-state index is 12.7. The predicted octanol–water partition coefficient (Wildman–Crippen LogP) is 3.34. The number of amides is 3. The Morgan fingerprint density at radius 1 is 1.00 bits per heavy atom. The van der Waals surface area contributed by atoms with E-state index in [2.05, 4.69) is 5.32 Å². The Hall–Kier alpha value is -2.73. The maximum Gasteiger partial charge on any atom is 0.321 e. The Morgan fingerprint density at radius 2 is 1.65 bits per heavy atom. The number of piperazine rings is 1. The van der Waals surface area contributed by atoms with Crippen molar-refractivity contribution in [1.29, 1.82) is 0 Å². The van der Waals surface area contributed by atoms with E-state index in [1.807, 2.05) is 30.3 Å². The zero-order chi connectivity index (χ0) is 18.5. The Morgan fingerprint density at radius 3 is 2.27 bits per heavy atom. The molecule has 0 aromatic heterocycles. The van der Waals surface area contributed by atoms with E-state index >= 15 is 0 Å².